The largest absolute Gasteiger partial charge is 0.382 e. The number of hydrogen-bond acceptors (Lipinski definition) is 5. The maximum Gasteiger partial charge on any atom is 0.233 e. The van der Waals surface area contributed by atoms with Crippen LogP contribution in [-0.2, 0) is 9.53 Å². The minimum Gasteiger partial charge on any atom is -0.382 e. The summed E-state index contributed by atoms with van der Waals surface area (Å²) in [5.41, 5.74) is 0. The van der Waals surface area contributed by atoms with E-state index in [0.29, 0.717) is 19.2 Å². The molecule has 6 nitrogen and oxygen atoms in total. The van der Waals surface area contributed by atoms with Crippen molar-refractivity contribution in [3.63, 3.8) is 0 Å². The van der Waals surface area contributed by atoms with E-state index in [1.807, 2.05) is 20.8 Å². The molecule has 0 aliphatic heterocycles. The number of aryl methyl sites for hydroxylation is 1. The second-order valence-electron chi connectivity index (χ2n) is 6.29. The molecule has 0 spiro atoms. The van der Waals surface area contributed by atoms with Gasteiger partial charge in [0.05, 0.1) is 5.25 Å². The summed E-state index contributed by atoms with van der Waals surface area (Å²) in [4.78, 5) is 12.2. The first kappa shape index (κ1) is 19.2. The Bertz CT molecular complexity index is 515. The Morgan fingerprint density at radius 1 is 1.38 bits per heavy atom. The normalized spacial score (nSPS) is 17.0. The highest BCUT2D eigenvalue weighted by atomic mass is 32.2. The van der Waals surface area contributed by atoms with Gasteiger partial charge in [-0.3, -0.25) is 4.79 Å². The molecular formula is C17H30N4O2S. The topological polar surface area (TPSA) is 69.0 Å². The Morgan fingerprint density at radius 2 is 2.12 bits per heavy atom. The van der Waals surface area contributed by atoms with Crippen molar-refractivity contribution >= 4 is 17.7 Å². The fraction of sp³-hybridized carbons (Fsp3) is 0.824. The molecule has 0 bridgehead atoms. The number of hydrogen-bond donors (Lipinski definition) is 1. The molecule has 1 amide bonds. The lowest BCUT2D eigenvalue weighted by molar-refractivity contribution is -0.120. The van der Waals surface area contributed by atoms with Crippen molar-refractivity contribution in [3.05, 3.63) is 5.82 Å². The zero-order chi connectivity index (χ0) is 17.4. The summed E-state index contributed by atoms with van der Waals surface area (Å²) >= 11 is 1.51. The molecule has 1 saturated carbocycles. The Morgan fingerprint density at radius 3 is 2.83 bits per heavy atom. The van der Waals surface area contributed by atoms with Gasteiger partial charge in [0.25, 0.3) is 0 Å². The number of rotatable bonds is 9. The molecule has 24 heavy (non-hydrogen) atoms. The third-order valence-electron chi connectivity index (χ3n) is 4.40. The van der Waals surface area contributed by atoms with Crippen LogP contribution in [0.1, 0.15) is 64.2 Å². The van der Waals surface area contributed by atoms with Crippen LogP contribution in [0.2, 0.25) is 0 Å². The van der Waals surface area contributed by atoms with Crippen molar-refractivity contribution in [1.82, 2.24) is 20.1 Å². The summed E-state index contributed by atoms with van der Waals surface area (Å²) in [6.45, 7) is 7.96. The van der Waals surface area contributed by atoms with Crippen LogP contribution in [0.3, 0.4) is 0 Å². The van der Waals surface area contributed by atoms with Gasteiger partial charge in [0.1, 0.15) is 5.82 Å². The van der Waals surface area contributed by atoms with Crippen molar-refractivity contribution in [1.29, 1.82) is 0 Å². The van der Waals surface area contributed by atoms with Gasteiger partial charge in [0, 0.05) is 25.8 Å². The number of ether oxygens (including phenoxy) is 1. The zero-order valence-corrected chi connectivity index (χ0v) is 15.9. The zero-order valence-electron chi connectivity index (χ0n) is 15.1. The molecule has 0 saturated heterocycles. The predicted molar refractivity (Wildman–Crippen MR) is 96.3 cm³/mol. The molecule has 1 aromatic rings. The molecule has 136 valence electrons. The lowest BCUT2D eigenvalue weighted by Gasteiger charge is -2.25. The maximum absolute atomic E-state index is 12.2. The quantitative estimate of drug-likeness (QED) is 0.545. The van der Waals surface area contributed by atoms with E-state index in [9.17, 15) is 4.79 Å². The van der Waals surface area contributed by atoms with E-state index in [0.717, 1.165) is 24.0 Å². The third kappa shape index (κ3) is 5.48. The van der Waals surface area contributed by atoms with Crippen LogP contribution in [-0.4, -0.2) is 45.7 Å². The van der Waals surface area contributed by atoms with Gasteiger partial charge in [0.2, 0.25) is 5.91 Å². The van der Waals surface area contributed by atoms with E-state index in [1.54, 1.807) is 0 Å². The van der Waals surface area contributed by atoms with Gasteiger partial charge in [-0.15, -0.1) is 10.2 Å². The van der Waals surface area contributed by atoms with Crippen LogP contribution in [0.5, 0.6) is 0 Å². The Hall–Kier alpha value is -1.08. The molecular weight excluding hydrogens is 324 g/mol. The van der Waals surface area contributed by atoms with E-state index < -0.39 is 0 Å². The van der Waals surface area contributed by atoms with Gasteiger partial charge in [0.15, 0.2) is 5.16 Å². The van der Waals surface area contributed by atoms with Crippen LogP contribution >= 0.6 is 11.8 Å². The first-order chi connectivity index (χ1) is 11.6. The molecule has 1 heterocycles. The summed E-state index contributed by atoms with van der Waals surface area (Å²) in [6, 6.07) is 0.484. The molecule has 0 radical (unpaired) electrons. The Labute approximate surface area is 149 Å². The maximum atomic E-state index is 12.2. The lowest BCUT2D eigenvalue weighted by atomic mass is 9.95. The second-order valence-corrected chi connectivity index (χ2v) is 7.60. The Kier molecular flexibility index (Phi) is 8.05. The molecule has 7 heteroatoms. The molecule has 1 aliphatic rings. The molecule has 1 atom stereocenters. The molecule has 1 unspecified atom stereocenters. The summed E-state index contributed by atoms with van der Waals surface area (Å²) in [5, 5.41) is 12.2. The average Bonchev–Trinajstić information content (AvgIpc) is 2.95. The lowest BCUT2D eigenvalue weighted by Crippen LogP contribution is -2.32. The molecule has 1 fully saturated rings. The Balaban J connectivity index is 1.87. The van der Waals surface area contributed by atoms with Crippen molar-refractivity contribution in [2.24, 2.45) is 0 Å². The highest BCUT2D eigenvalue weighted by Crippen LogP contribution is 2.33. The van der Waals surface area contributed by atoms with Crippen LogP contribution in [0.25, 0.3) is 0 Å². The van der Waals surface area contributed by atoms with E-state index in [2.05, 4.69) is 20.1 Å². The minimum absolute atomic E-state index is 0.0485. The molecule has 2 rings (SSSR count). The molecule has 1 aliphatic carbocycles. The van der Waals surface area contributed by atoms with Crippen LogP contribution in [0.4, 0.5) is 0 Å². The van der Waals surface area contributed by atoms with E-state index >= 15 is 0 Å². The van der Waals surface area contributed by atoms with E-state index in [-0.39, 0.29) is 11.2 Å². The highest BCUT2D eigenvalue weighted by Gasteiger charge is 2.24. The van der Waals surface area contributed by atoms with Crippen LogP contribution in [0.15, 0.2) is 5.16 Å². The molecule has 0 aromatic carbocycles. The predicted octanol–water partition coefficient (Wildman–Crippen LogP) is 3.12. The number of thioether (sulfide) groups is 1. The number of aromatic nitrogens is 3. The molecule has 1 N–H and O–H groups in total. The summed E-state index contributed by atoms with van der Waals surface area (Å²) in [6.07, 6.45) is 7.06. The standard InChI is InChI=1S/C17H30N4O2S/c1-4-23-12-8-11-18-16(22)13(2)24-17-20-19-14(3)21(17)15-9-6-5-7-10-15/h13,15H,4-12H2,1-3H3,(H,18,22). The van der Waals surface area contributed by atoms with Crippen molar-refractivity contribution in [2.45, 2.75) is 75.7 Å². The van der Waals surface area contributed by atoms with Gasteiger partial charge < -0.3 is 14.6 Å². The van der Waals surface area contributed by atoms with Gasteiger partial charge in [-0.05, 0) is 40.0 Å². The fourth-order valence-electron chi connectivity index (χ4n) is 3.08. The van der Waals surface area contributed by atoms with Gasteiger partial charge in [-0.1, -0.05) is 31.0 Å². The number of nitrogens with one attached hydrogen (secondary N) is 1. The summed E-state index contributed by atoms with van der Waals surface area (Å²) in [7, 11) is 0. The number of carbonyl (C=O) groups excluding carboxylic acids is 1. The highest BCUT2D eigenvalue weighted by molar-refractivity contribution is 8.00. The third-order valence-corrected chi connectivity index (χ3v) is 5.45. The van der Waals surface area contributed by atoms with E-state index in [1.165, 1.54) is 43.9 Å². The van der Waals surface area contributed by atoms with Gasteiger partial charge in [-0.2, -0.15) is 0 Å². The van der Waals surface area contributed by atoms with Crippen molar-refractivity contribution in [2.75, 3.05) is 19.8 Å². The summed E-state index contributed by atoms with van der Waals surface area (Å²) < 4.78 is 7.52. The van der Waals surface area contributed by atoms with Crippen molar-refractivity contribution < 1.29 is 9.53 Å². The van der Waals surface area contributed by atoms with E-state index in [4.69, 9.17) is 4.74 Å². The van der Waals surface area contributed by atoms with Gasteiger partial charge in [-0.25, -0.2) is 0 Å². The van der Waals surface area contributed by atoms with Crippen molar-refractivity contribution in [3.8, 4) is 0 Å². The van der Waals surface area contributed by atoms with Crippen LogP contribution < -0.4 is 5.32 Å². The second kappa shape index (κ2) is 10.0. The first-order valence-electron chi connectivity index (χ1n) is 9.07. The number of amides is 1. The van der Waals surface area contributed by atoms with Gasteiger partial charge >= 0.3 is 0 Å². The first-order valence-corrected chi connectivity index (χ1v) is 9.95. The minimum atomic E-state index is -0.178. The fourth-order valence-corrected chi connectivity index (χ4v) is 4.06. The smallest absolute Gasteiger partial charge is 0.233 e. The monoisotopic (exact) mass is 354 g/mol. The number of nitrogens with zero attached hydrogens (tertiary/aromatic N) is 3. The summed E-state index contributed by atoms with van der Waals surface area (Å²) in [5.74, 6) is 1.00. The molecule has 1 aromatic heterocycles. The van der Waals surface area contributed by atoms with Crippen LogP contribution in [0, 0.1) is 6.92 Å². The SMILES string of the molecule is CCOCCCNC(=O)C(C)Sc1nnc(C)n1C1CCCCC1. The number of carbonyl (C=O) groups is 1. The average molecular weight is 355 g/mol.